The van der Waals surface area contributed by atoms with Gasteiger partial charge in [0.15, 0.2) is 23.1 Å². The van der Waals surface area contributed by atoms with Crippen molar-refractivity contribution in [2.75, 3.05) is 44.5 Å². The number of amides is 1. The van der Waals surface area contributed by atoms with Crippen molar-refractivity contribution in [2.45, 2.75) is 61.5 Å². The standard InChI is InChI=1S/C43H47N7O11/c44-30-17-21(9-12-46-30)10-15-58-39-36(55)35(54)29-19-57-14-11-22(23-5-3-4-8-28(23)50-20-47-32-40(50)48-43(45)49-41(32)56)26-18-27-31(34(53)25-7-2-1-6-24(25)33(27)52)38(59-16-13-51)37(26)61-42(39)60-29/h1-9,11,14,17-18,22,29,32,35-36,39-40,42-43,46-48,51,54-55H,10,12-13,15-16,19-20,44-45H2,(H,49,56)/b14-11+/t22-,29-,32-,35-,36+,39-,40-,42+,43-/m0/s1. The van der Waals surface area contributed by atoms with Crippen molar-refractivity contribution in [1.29, 1.82) is 0 Å². The normalized spacial score (nSPS) is 29.7. The average Bonchev–Trinajstić information content (AvgIpc) is 3.67. The fourth-order valence-corrected chi connectivity index (χ4v) is 8.77. The molecule has 2 bridgehead atoms. The molecule has 1 amide bonds. The van der Waals surface area contributed by atoms with Crippen LogP contribution in [-0.4, -0.2) is 122 Å². The highest BCUT2D eigenvalue weighted by molar-refractivity contribution is 6.29. The van der Waals surface area contributed by atoms with E-state index in [2.05, 4.69) is 21.3 Å². The number of aliphatic hydroxyl groups excluding tert-OH is 3. The summed E-state index contributed by atoms with van der Waals surface area (Å²) in [4.78, 5) is 44.0. The number of para-hydroxylation sites is 1. The minimum absolute atomic E-state index is 0.0357. The Balaban J connectivity index is 1.21. The van der Waals surface area contributed by atoms with Gasteiger partial charge in [-0.1, -0.05) is 48.5 Å². The molecule has 0 saturated carbocycles. The Bertz CT molecular complexity index is 2320. The van der Waals surface area contributed by atoms with Gasteiger partial charge in [0.1, 0.15) is 56.1 Å². The highest BCUT2D eigenvalue weighted by Crippen LogP contribution is 2.49. The molecule has 11 N–H and O–H groups in total. The Kier molecular flexibility index (Phi) is 11.2. The lowest BCUT2D eigenvalue weighted by atomic mass is 9.79. The molecule has 6 aliphatic rings. The fraction of sp³-hybridized carbons (Fsp3) is 0.372. The molecule has 1 aliphatic carbocycles. The van der Waals surface area contributed by atoms with Gasteiger partial charge in [0, 0.05) is 40.4 Å². The van der Waals surface area contributed by atoms with Gasteiger partial charge in [-0.3, -0.25) is 30.8 Å². The minimum Gasteiger partial charge on any atom is -0.499 e. The highest BCUT2D eigenvalue weighted by atomic mass is 16.7. The molecule has 5 heterocycles. The summed E-state index contributed by atoms with van der Waals surface area (Å²) in [6.07, 6.45) is -0.872. The quantitative estimate of drug-likeness (QED) is 0.103. The number of allylic oxidation sites excluding steroid dienone is 2. The number of fused-ring (bicyclic) bond motifs is 6. The summed E-state index contributed by atoms with van der Waals surface area (Å²) >= 11 is 0. The lowest BCUT2D eigenvalue weighted by Gasteiger charge is -2.42. The number of hydrogen-bond acceptors (Lipinski definition) is 17. The van der Waals surface area contributed by atoms with Crippen molar-refractivity contribution in [3.63, 3.8) is 0 Å². The van der Waals surface area contributed by atoms with E-state index in [-0.39, 0.29) is 66.1 Å². The molecular weight excluding hydrogens is 791 g/mol. The van der Waals surface area contributed by atoms with E-state index in [1.807, 2.05) is 35.2 Å². The molecule has 0 unspecified atom stereocenters. The maximum Gasteiger partial charge on any atom is 0.242 e. The number of ketones is 2. The van der Waals surface area contributed by atoms with Gasteiger partial charge in [0.2, 0.25) is 12.2 Å². The van der Waals surface area contributed by atoms with E-state index in [9.17, 15) is 29.7 Å². The molecule has 3 aromatic carbocycles. The number of benzene rings is 3. The second-order valence-corrected chi connectivity index (χ2v) is 15.4. The Morgan fingerprint density at radius 1 is 0.951 bits per heavy atom. The van der Waals surface area contributed by atoms with E-state index in [4.69, 9.17) is 35.2 Å². The number of carbonyl (C=O) groups is 3. The molecular formula is C43H47N7O11. The number of ether oxygens (including phenoxy) is 5. The third-order valence-electron chi connectivity index (χ3n) is 11.7. The van der Waals surface area contributed by atoms with Crippen LogP contribution in [0.25, 0.3) is 0 Å². The lowest BCUT2D eigenvalue weighted by molar-refractivity contribution is -0.287. The monoisotopic (exact) mass is 837 g/mol. The van der Waals surface area contributed by atoms with Crippen LogP contribution >= 0.6 is 0 Å². The Morgan fingerprint density at radius 2 is 1.74 bits per heavy atom. The van der Waals surface area contributed by atoms with Crippen LogP contribution < -0.4 is 47.1 Å². The maximum absolute atomic E-state index is 14.5. The summed E-state index contributed by atoms with van der Waals surface area (Å²) in [5, 5.41) is 45.3. The van der Waals surface area contributed by atoms with Gasteiger partial charge in [0.05, 0.1) is 37.5 Å². The van der Waals surface area contributed by atoms with Crippen LogP contribution in [0, 0.1) is 0 Å². The van der Waals surface area contributed by atoms with Crippen LogP contribution in [0.5, 0.6) is 11.5 Å². The van der Waals surface area contributed by atoms with Crippen molar-refractivity contribution < 1.29 is 53.4 Å². The molecule has 3 saturated heterocycles. The average molecular weight is 838 g/mol. The third-order valence-corrected chi connectivity index (χ3v) is 11.7. The SMILES string of the molecule is NC1=CC(CCO[C@@H]2[C@H]3Oc4c(cc5c(c4OCCO)C(=O)c4ccccc4C5=O)[C@H](c4ccccc4N4CN[C@@H]5C(=O)N[C@@H](N)N[C@H]54)/C=C/OC[C@H](O3)[C@H](O)[C@H]2O)=CCN1. The van der Waals surface area contributed by atoms with E-state index in [1.165, 1.54) is 6.26 Å². The van der Waals surface area contributed by atoms with Crippen LogP contribution in [0.2, 0.25) is 0 Å². The van der Waals surface area contributed by atoms with Gasteiger partial charge >= 0.3 is 0 Å². The van der Waals surface area contributed by atoms with E-state index >= 15 is 0 Å². The molecule has 9 rings (SSSR count). The molecule has 0 radical (unpaired) electrons. The lowest BCUT2D eigenvalue weighted by Crippen LogP contribution is -2.70. The second kappa shape index (κ2) is 16.9. The molecule has 320 valence electrons. The largest absolute Gasteiger partial charge is 0.499 e. The molecule has 18 nitrogen and oxygen atoms in total. The van der Waals surface area contributed by atoms with Crippen molar-refractivity contribution in [3.8, 4) is 11.5 Å². The number of dihydropyridines is 1. The molecule has 3 aromatic rings. The number of rotatable bonds is 9. The van der Waals surface area contributed by atoms with Crippen LogP contribution in [0.3, 0.4) is 0 Å². The first kappa shape index (κ1) is 40.6. The summed E-state index contributed by atoms with van der Waals surface area (Å²) in [5.74, 6) is -1.69. The molecule has 3 fully saturated rings. The van der Waals surface area contributed by atoms with Gasteiger partial charge in [-0.2, -0.15) is 0 Å². The number of aliphatic hydroxyl groups is 3. The van der Waals surface area contributed by atoms with Gasteiger partial charge in [-0.15, -0.1) is 0 Å². The summed E-state index contributed by atoms with van der Waals surface area (Å²) in [7, 11) is 0. The van der Waals surface area contributed by atoms with Gasteiger partial charge < -0.3 is 60.3 Å². The van der Waals surface area contributed by atoms with Crippen LogP contribution in [0.4, 0.5) is 5.69 Å². The molecule has 18 heteroatoms. The first-order valence-corrected chi connectivity index (χ1v) is 20.1. The van der Waals surface area contributed by atoms with Crippen molar-refractivity contribution >= 4 is 23.2 Å². The van der Waals surface area contributed by atoms with E-state index in [1.54, 1.807) is 42.5 Å². The summed E-state index contributed by atoms with van der Waals surface area (Å²) < 4.78 is 31.7. The predicted octanol–water partition coefficient (Wildman–Crippen LogP) is -0.537. The van der Waals surface area contributed by atoms with Gasteiger partial charge in [-0.25, -0.2) is 0 Å². The molecule has 5 aliphatic heterocycles. The number of nitrogens with zero attached hydrogens (tertiary/aromatic N) is 1. The van der Waals surface area contributed by atoms with Crippen LogP contribution in [0.1, 0.15) is 55.3 Å². The summed E-state index contributed by atoms with van der Waals surface area (Å²) in [6, 6.07) is 14.9. The van der Waals surface area contributed by atoms with Crippen LogP contribution in [0.15, 0.2) is 90.5 Å². The van der Waals surface area contributed by atoms with E-state index in [0.717, 1.165) is 5.57 Å². The van der Waals surface area contributed by atoms with Gasteiger partial charge in [-0.05, 0) is 41.8 Å². The molecule has 0 aromatic heterocycles. The number of nitrogens with one attached hydrogen (secondary N) is 4. The fourth-order valence-electron chi connectivity index (χ4n) is 8.77. The van der Waals surface area contributed by atoms with E-state index < -0.39 is 73.3 Å². The number of anilines is 1. The summed E-state index contributed by atoms with van der Waals surface area (Å²) in [5.41, 5.74) is 15.1. The zero-order valence-corrected chi connectivity index (χ0v) is 32.9. The molecule has 0 spiro atoms. The third kappa shape index (κ3) is 7.50. The van der Waals surface area contributed by atoms with Crippen molar-refractivity contribution in [1.82, 2.24) is 21.3 Å². The summed E-state index contributed by atoms with van der Waals surface area (Å²) in [6.45, 7) is -0.0757. The Labute approximate surface area is 350 Å². The zero-order valence-electron chi connectivity index (χ0n) is 32.9. The molecule has 9 atom stereocenters. The maximum atomic E-state index is 14.5. The van der Waals surface area contributed by atoms with Crippen molar-refractivity contribution in [2.24, 2.45) is 11.5 Å². The van der Waals surface area contributed by atoms with Crippen molar-refractivity contribution in [3.05, 3.63) is 124 Å². The minimum atomic E-state index is -1.53. The molecule has 61 heavy (non-hydrogen) atoms. The first-order chi connectivity index (χ1) is 29.6. The first-order valence-electron chi connectivity index (χ1n) is 20.1. The number of hydrogen-bond donors (Lipinski definition) is 9. The topological polar surface area (TPSA) is 261 Å². The smallest absolute Gasteiger partial charge is 0.242 e. The number of carbonyl (C=O) groups excluding carboxylic acids is 3. The highest BCUT2D eigenvalue weighted by Gasteiger charge is 2.49. The second-order valence-electron chi connectivity index (χ2n) is 15.4. The Hall–Kier alpha value is -5.83. The zero-order chi connectivity index (χ0) is 42.4. The predicted molar refractivity (Wildman–Crippen MR) is 217 cm³/mol. The number of nitrogens with two attached hydrogens (primary N) is 2. The van der Waals surface area contributed by atoms with Crippen LogP contribution in [-0.2, 0) is 19.0 Å². The van der Waals surface area contributed by atoms with E-state index in [0.29, 0.717) is 35.6 Å². The Morgan fingerprint density at radius 3 is 2.54 bits per heavy atom. The van der Waals surface area contributed by atoms with Gasteiger partial charge in [0.25, 0.3) is 0 Å².